The summed E-state index contributed by atoms with van der Waals surface area (Å²) >= 11 is 0. The smallest absolute Gasteiger partial charge is 0.309 e. The van der Waals surface area contributed by atoms with E-state index < -0.39 is 11.9 Å². The van der Waals surface area contributed by atoms with Crippen molar-refractivity contribution >= 4 is 11.9 Å². The average molecular weight is 322 g/mol. The first-order valence-electron chi connectivity index (χ1n) is 8.09. The van der Waals surface area contributed by atoms with Gasteiger partial charge in [0.2, 0.25) is 5.91 Å². The molecule has 1 aromatic rings. The molecule has 1 unspecified atom stereocenters. The Balaban J connectivity index is 1.66. The fraction of sp³-hybridized carbons (Fsp3) is 0.786. The lowest BCUT2D eigenvalue weighted by Gasteiger charge is -2.28. The molecule has 0 spiro atoms. The van der Waals surface area contributed by atoms with Gasteiger partial charge in [-0.2, -0.15) is 4.80 Å². The van der Waals surface area contributed by atoms with Gasteiger partial charge in [-0.3, -0.25) is 14.5 Å². The summed E-state index contributed by atoms with van der Waals surface area (Å²) in [6.07, 6.45) is 5.95. The van der Waals surface area contributed by atoms with E-state index in [0.29, 0.717) is 19.1 Å². The maximum atomic E-state index is 12.4. The molecule has 0 radical (unpaired) electrons. The molecular weight excluding hydrogens is 300 g/mol. The van der Waals surface area contributed by atoms with Gasteiger partial charge in [-0.15, -0.1) is 10.2 Å². The minimum Gasteiger partial charge on any atom is -0.481 e. The molecule has 1 saturated heterocycles. The number of rotatable bonds is 4. The monoisotopic (exact) mass is 322 g/mol. The van der Waals surface area contributed by atoms with Gasteiger partial charge < -0.3 is 10.0 Å². The second-order valence-electron chi connectivity index (χ2n) is 6.27. The van der Waals surface area contributed by atoms with Crippen LogP contribution in [0.4, 0.5) is 0 Å². The molecule has 0 aromatic carbocycles. The van der Waals surface area contributed by atoms with Crippen LogP contribution in [0.5, 0.6) is 0 Å². The lowest BCUT2D eigenvalue weighted by atomic mass is 10.1. The quantitative estimate of drug-likeness (QED) is 0.794. The zero-order valence-corrected chi connectivity index (χ0v) is 13.0. The SMILES string of the molecule is O=C(O)C1CN(C(=O)Cn2ncnn2)CCN(C2CCCC2)C1. The van der Waals surface area contributed by atoms with Crippen LogP contribution in [0.1, 0.15) is 25.7 Å². The molecule has 1 N–H and O–H groups in total. The highest BCUT2D eigenvalue weighted by atomic mass is 16.4. The van der Waals surface area contributed by atoms with Crippen molar-refractivity contribution in [3.8, 4) is 0 Å². The molecule has 0 bridgehead atoms. The molecule has 126 valence electrons. The highest BCUT2D eigenvalue weighted by Gasteiger charge is 2.33. The third-order valence-electron chi connectivity index (χ3n) is 4.76. The van der Waals surface area contributed by atoms with Gasteiger partial charge in [0, 0.05) is 32.2 Å². The van der Waals surface area contributed by atoms with Crippen molar-refractivity contribution in [3.63, 3.8) is 0 Å². The van der Waals surface area contributed by atoms with Crippen LogP contribution in [0.25, 0.3) is 0 Å². The Morgan fingerprint density at radius 1 is 1.17 bits per heavy atom. The molecule has 3 rings (SSSR count). The average Bonchev–Trinajstić information content (AvgIpc) is 3.17. The van der Waals surface area contributed by atoms with Crippen molar-refractivity contribution < 1.29 is 14.7 Å². The molecular formula is C14H22N6O3. The van der Waals surface area contributed by atoms with Gasteiger partial charge in [-0.25, -0.2) is 0 Å². The number of carbonyl (C=O) groups excluding carboxylic acids is 1. The van der Waals surface area contributed by atoms with Gasteiger partial charge in [0.25, 0.3) is 0 Å². The van der Waals surface area contributed by atoms with Gasteiger partial charge >= 0.3 is 5.97 Å². The van der Waals surface area contributed by atoms with E-state index >= 15 is 0 Å². The van der Waals surface area contributed by atoms with E-state index in [9.17, 15) is 14.7 Å². The fourth-order valence-corrected chi connectivity index (χ4v) is 3.50. The number of hydrogen-bond donors (Lipinski definition) is 1. The van der Waals surface area contributed by atoms with Gasteiger partial charge in [-0.1, -0.05) is 12.8 Å². The Morgan fingerprint density at radius 3 is 2.61 bits per heavy atom. The highest BCUT2D eigenvalue weighted by Crippen LogP contribution is 2.25. The summed E-state index contributed by atoms with van der Waals surface area (Å²) in [7, 11) is 0. The molecule has 9 nitrogen and oxygen atoms in total. The Hall–Kier alpha value is -2.03. The zero-order valence-electron chi connectivity index (χ0n) is 13.0. The van der Waals surface area contributed by atoms with Gasteiger partial charge in [0.1, 0.15) is 6.54 Å². The van der Waals surface area contributed by atoms with E-state index in [1.54, 1.807) is 4.90 Å². The normalized spacial score (nSPS) is 23.8. The predicted octanol–water partition coefficient (Wildman–Crippen LogP) is -0.539. The Morgan fingerprint density at radius 2 is 1.96 bits per heavy atom. The van der Waals surface area contributed by atoms with Crippen LogP contribution in [0.15, 0.2) is 6.33 Å². The van der Waals surface area contributed by atoms with Crippen molar-refractivity contribution in [1.29, 1.82) is 0 Å². The number of carbonyl (C=O) groups is 2. The molecule has 1 aliphatic heterocycles. The lowest BCUT2D eigenvalue weighted by molar-refractivity contribution is -0.143. The van der Waals surface area contributed by atoms with E-state index in [0.717, 1.165) is 19.4 Å². The van der Waals surface area contributed by atoms with E-state index in [-0.39, 0.29) is 19.0 Å². The van der Waals surface area contributed by atoms with E-state index in [2.05, 4.69) is 20.3 Å². The summed E-state index contributed by atoms with van der Waals surface area (Å²) in [5.41, 5.74) is 0. The van der Waals surface area contributed by atoms with Gasteiger partial charge in [0.05, 0.1) is 5.92 Å². The third-order valence-corrected chi connectivity index (χ3v) is 4.76. The second kappa shape index (κ2) is 7.03. The first kappa shape index (κ1) is 15.9. The van der Waals surface area contributed by atoms with E-state index in [1.807, 2.05) is 0 Å². The van der Waals surface area contributed by atoms with Gasteiger partial charge in [-0.05, 0) is 18.1 Å². The van der Waals surface area contributed by atoms with Crippen LogP contribution in [0.3, 0.4) is 0 Å². The molecule has 2 aliphatic rings. The Labute approximate surface area is 134 Å². The van der Waals surface area contributed by atoms with Gasteiger partial charge in [0.15, 0.2) is 6.33 Å². The number of aromatic nitrogens is 4. The summed E-state index contributed by atoms with van der Waals surface area (Å²) in [6, 6.07) is 0.462. The summed E-state index contributed by atoms with van der Waals surface area (Å²) in [5, 5.41) is 20.6. The summed E-state index contributed by atoms with van der Waals surface area (Å²) in [4.78, 5) is 29.0. The van der Waals surface area contributed by atoms with Crippen LogP contribution in [-0.4, -0.2) is 79.2 Å². The number of carboxylic acids is 1. The van der Waals surface area contributed by atoms with Crippen molar-refractivity contribution in [2.24, 2.45) is 5.92 Å². The van der Waals surface area contributed by atoms with Crippen molar-refractivity contribution in [3.05, 3.63) is 6.33 Å². The third kappa shape index (κ3) is 3.84. The molecule has 1 aromatic heterocycles. The summed E-state index contributed by atoms with van der Waals surface area (Å²) in [5.74, 6) is -1.56. The number of hydrogen-bond acceptors (Lipinski definition) is 6. The molecule has 1 saturated carbocycles. The molecule has 23 heavy (non-hydrogen) atoms. The Kier molecular flexibility index (Phi) is 4.85. The molecule has 9 heteroatoms. The fourth-order valence-electron chi connectivity index (χ4n) is 3.50. The minimum absolute atomic E-state index is 0.00420. The second-order valence-corrected chi connectivity index (χ2v) is 6.27. The first-order chi connectivity index (χ1) is 11.1. The number of amides is 1. The van der Waals surface area contributed by atoms with E-state index in [1.165, 1.54) is 24.0 Å². The van der Waals surface area contributed by atoms with Crippen LogP contribution < -0.4 is 0 Å². The summed E-state index contributed by atoms with van der Waals surface area (Å²) in [6.45, 7) is 2.03. The van der Waals surface area contributed by atoms with Crippen molar-refractivity contribution in [2.75, 3.05) is 26.2 Å². The lowest BCUT2D eigenvalue weighted by Crippen LogP contribution is -2.40. The van der Waals surface area contributed by atoms with Crippen LogP contribution in [-0.2, 0) is 16.1 Å². The van der Waals surface area contributed by atoms with Crippen molar-refractivity contribution in [1.82, 2.24) is 30.0 Å². The number of tetrazole rings is 1. The zero-order chi connectivity index (χ0) is 16.2. The van der Waals surface area contributed by atoms with Crippen LogP contribution in [0, 0.1) is 5.92 Å². The Bertz CT molecular complexity index is 543. The van der Waals surface area contributed by atoms with Crippen LogP contribution >= 0.6 is 0 Å². The highest BCUT2D eigenvalue weighted by molar-refractivity contribution is 5.77. The molecule has 1 atom stereocenters. The number of aliphatic carboxylic acids is 1. The largest absolute Gasteiger partial charge is 0.481 e. The molecule has 1 amide bonds. The standard InChI is InChI=1S/C14H22N6O3/c21-13(9-20-16-10-15-17-20)19-6-5-18(12-3-1-2-4-12)7-11(8-19)14(22)23/h10-12H,1-9H2,(H,22,23). The number of carboxylic acid groups (broad SMARTS) is 1. The molecule has 1 aliphatic carbocycles. The minimum atomic E-state index is -0.841. The predicted molar refractivity (Wildman–Crippen MR) is 79.4 cm³/mol. The maximum absolute atomic E-state index is 12.4. The van der Waals surface area contributed by atoms with E-state index in [4.69, 9.17) is 0 Å². The maximum Gasteiger partial charge on any atom is 0.309 e. The van der Waals surface area contributed by atoms with Crippen molar-refractivity contribution in [2.45, 2.75) is 38.3 Å². The molecule has 2 fully saturated rings. The first-order valence-corrected chi connectivity index (χ1v) is 8.09. The molecule has 2 heterocycles. The van der Waals surface area contributed by atoms with Crippen LogP contribution in [0.2, 0.25) is 0 Å². The number of nitrogens with zero attached hydrogens (tertiary/aromatic N) is 6. The topological polar surface area (TPSA) is 104 Å². The summed E-state index contributed by atoms with van der Waals surface area (Å²) < 4.78 is 0.